The SMILES string of the molecule is C=CCS(=O)(=O)N(O)S(=O)O. The van der Waals surface area contributed by atoms with Gasteiger partial charge in [0.25, 0.3) is 21.3 Å². The molecule has 0 rings (SSSR count). The number of sulfonamides is 1. The summed E-state index contributed by atoms with van der Waals surface area (Å²) in [4.78, 5) is 0. The van der Waals surface area contributed by atoms with Crippen LogP contribution in [0.25, 0.3) is 0 Å². The monoisotopic (exact) mass is 201 g/mol. The minimum absolute atomic E-state index is 0.587. The highest BCUT2D eigenvalue weighted by atomic mass is 32.3. The van der Waals surface area contributed by atoms with Crippen molar-refractivity contribution in [3.8, 4) is 0 Å². The highest BCUT2D eigenvalue weighted by molar-refractivity contribution is 7.99. The van der Waals surface area contributed by atoms with Crippen molar-refractivity contribution in [1.29, 1.82) is 0 Å². The van der Waals surface area contributed by atoms with Gasteiger partial charge in [0, 0.05) is 3.87 Å². The first-order chi connectivity index (χ1) is 4.91. The van der Waals surface area contributed by atoms with Gasteiger partial charge >= 0.3 is 0 Å². The second-order valence-corrected chi connectivity index (χ2v) is 4.39. The first-order valence-corrected chi connectivity index (χ1v) is 5.03. The Kier molecular flexibility index (Phi) is 3.83. The lowest BCUT2D eigenvalue weighted by Gasteiger charge is -2.06. The van der Waals surface area contributed by atoms with E-state index in [4.69, 9.17) is 9.76 Å². The third kappa shape index (κ3) is 3.08. The average molecular weight is 201 g/mol. The van der Waals surface area contributed by atoms with Gasteiger partial charge in [-0.05, 0) is 0 Å². The van der Waals surface area contributed by atoms with Crippen molar-refractivity contribution in [2.45, 2.75) is 0 Å². The van der Waals surface area contributed by atoms with E-state index in [1.54, 1.807) is 0 Å². The molecule has 0 heterocycles. The molecule has 0 radical (unpaired) electrons. The summed E-state index contributed by atoms with van der Waals surface area (Å²) in [7, 11) is -4.09. The van der Waals surface area contributed by atoms with Crippen molar-refractivity contribution in [1.82, 2.24) is 3.87 Å². The number of nitrogens with zero attached hydrogens (tertiary/aromatic N) is 1. The Morgan fingerprint density at radius 1 is 1.64 bits per heavy atom. The zero-order valence-electron chi connectivity index (χ0n) is 5.37. The number of hydrogen-bond donors (Lipinski definition) is 2. The van der Waals surface area contributed by atoms with Crippen molar-refractivity contribution in [2.24, 2.45) is 0 Å². The zero-order valence-corrected chi connectivity index (χ0v) is 7.01. The van der Waals surface area contributed by atoms with E-state index in [0.29, 0.717) is 0 Å². The zero-order chi connectivity index (χ0) is 9.07. The molecule has 0 saturated carbocycles. The largest absolute Gasteiger partial charge is 0.291 e. The van der Waals surface area contributed by atoms with E-state index in [0.717, 1.165) is 6.08 Å². The van der Waals surface area contributed by atoms with Crippen LogP contribution in [-0.2, 0) is 21.3 Å². The molecular weight excluding hydrogens is 194 g/mol. The fraction of sp³-hybridized carbons (Fsp3) is 0.333. The summed E-state index contributed by atoms with van der Waals surface area (Å²) in [6.45, 7) is 3.09. The molecule has 0 fully saturated rings. The van der Waals surface area contributed by atoms with Crippen LogP contribution in [0, 0.1) is 0 Å². The summed E-state index contributed by atoms with van der Waals surface area (Å²) in [5.74, 6) is -0.587. The predicted octanol–water partition coefficient (Wildman–Crippen LogP) is -0.670. The minimum Gasteiger partial charge on any atom is -0.291 e. The molecule has 1 atom stereocenters. The van der Waals surface area contributed by atoms with E-state index in [9.17, 15) is 12.6 Å². The van der Waals surface area contributed by atoms with E-state index in [1.165, 1.54) is 0 Å². The van der Waals surface area contributed by atoms with Crippen LogP contribution >= 0.6 is 0 Å². The molecule has 0 aliphatic heterocycles. The van der Waals surface area contributed by atoms with Crippen LogP contribution in [0.4, 0.5) is 0 Å². The third-order valence-corrected chi connectivity index (χ3v) is 3.16. The highest BCUT2D eigenvalue weighted by Crippen LogP contribution is 1.99. The van der Waals surface area contributed by atoms with Crippen molar-refractivity contribution < 1.29 is 22.4 Å². The van der Waals surface area contributed by atoms with Gasteiger partial charge in [-0.1, -0.05) is 6.08 Å². The van der Waals surface area contributed by atoms with E-state index in [1.807, 2.05) is 0 Å². The maximum absolute atomic E-state index is 10.6. The van der Waals surface area contributed by atoms with Crippen molar-refractivity contribution in [2.75, 3.05) is 5.75 Å². The van der Waals surface area contributed by atoms with Gasteiger partial charge in [-0.2, -0.15) is 0 Å². The highest BCUT2D eigenvalue weighted by Gasteiger charge is 2.23. The van der Waals surface area contributed by atoms with Crippen LogP contribution in [0.1, 0.15) is 0 Å². The molecular formula is C3H7NO5S2. The molecule has 11 heavy (non-hydrogen) atoms. The van der Waals surface area contributed by atoms with Crippen LogP contribution in [0.15, 0.2) is 12.7 Å². The lowest BCUT2D eigenvalue weighted by Crippen LogP contribution is -2.30. The third-order valence-electron chi connectivity index (χ3n) is 0.700. The summed E-state index contributed by atoms with van der Waals surface area (Å²) >= 11 is -2.93. The molecule has 0 saturated heterocycles. The molecule has 0 spiro atoms. The molecule has 0 aromatic heterocycles. The van der Waals surface area contributed by atoms with E-state index in [-0.39, 0.29) is 0 Å². The number of rotatable bonds is 4. The summed E-state index contributed by atoms with van der Waals surface area (Å²) in [5.41, 5.74) is 0. The Hall–Kier alpha value is -0.280. The molecule has 1 unspecified atom stereocenters. The van der Waals surface area contributed by atoms with Gasteiger partial charge in [0.15, 0.2) is 0 Å². The van der Waals surface area contributed by atoms with Crippen molar-refractivity contribution in [3.63, 3.8) is 0 Å². The van der Waals surface area contributed by atoms with Gasteiger partial charge in [0.1, 0.15) is 0 Å². The summed E-state index contributed by atoms with van der Waals surface area (Å²) in [6, 6.07) is 0. The lowest BCUT2D eigenvalue weighted by atomic mass is 10.8. The molecule has 0 aromatic carbocycles. The van der Waals surface area contributed by atoms with Gasteiger partial charge in [-0.25, -0.2) is 12.6 Å². The van der Waals surface area contributed by atoms with Crippen LogP contribution in [0.5, 0.6) is 0 Å². The Morgan fingerprint density at radius 2 is 2.09 bits per heavy atom. The minimum atomic E-state index is -4.09. The van der Waals surface area contributed by atoms with Crippen LogP contribution < -0.4 is 0 Å². The molecule has 8 heteroatoms. The maximum Gasteiger partial charge on any atom is 0.274 e. The topological polar surface area (TPSA) is 94.9 Å². The fourth-order valence-corrected chi connectivity index (χ4v) is 1.69. The second-order valence-electron chi connectivity index (χ2n) is 1.51. The van der Waals surface area contributed by atoms with Gasteiger partial charge < -0.3 is 0 Å². The van der Waals surface area contributed by atoms with Crippen molar-refractivity contribution >= 4 is 21.3 Å². The molecule has 0 aliphatic carbocycles. The van der Waals surface area contributed by atoms with E-state index < -0.39 is 30.9 Å². The lowest BCUT2D eigenvalue weighted by molar-refractivity contribution is 0.0928. The van der Waals surface area contributed by atoms with Crippen LogP contribution in [0.2, 0.25) is 0 Å². The molecule has 0 aliphatic rings. The summed E-state index contributed by atoms with van der Waals surface area (Å²) in [5, 5.41) is 8.43. The molecule has 0 aromatic rings. The first kappa shape index (κ1) is 10.7. The Bertz CT molecular complexity index is 257. The molecule has 0 amide bonds. The Morgan fingerprint density at radius 3 is 2.36 bits per heavy atom. The van der Waals surface area contributed by atoms with Gasteiger partial charge in [0.2, 0.25) is 0 Å². The van der Waals surface area contributed by atoms with Crippen LogP contribution in [0.3, 0.4) is 0 Å². The number of hydrogen-bond acceptors (Lipinski definition) is 4. The second kappa shape index (κ2) is 3.93. The quantitative estimate of drug-likeness (QED) is 0.357. The van der Waals surface area contributed by atoms with E-state index >= 15 is 0 Å². The molecule has 0 bridgehead atoms. The smallest absolute Gasteiger partial charge is 0.274 e. The Balaban J connectivity index is 4.56. The normalized spacial score (nSPS) is 14.8. The first-order valence-electron chi connectivity index (χ1n) is 2.35. The van der Waals surface area contributed by atoms with Gasteiger partial charge in [-0.3, -0.25) is 9.76 Å². The molecule has 2 N–H and O–H groups in total. The van der Waals surface area contributed by atoms with Crippen molar-refractivity contribution in [3.05, 3.63) is 12.7 Å². The van der Waals surface area contributed by atoms with Gasteiger partial charge in [0.05, 0.1) is 5.75 Å². The predicted molar refractivity (Wildman–Crippen MR) is 38.4 cm³/mol. The fourth-order valence-electron chi connectivity index (χ4n) is 0.310. The average Bonchev–Trinajstić information content (AvgIpc) is 1.86. The van der Waals surface area contributed by atoms with E-state index in [2.05, 4.69) is 6.58 Å². The standard InChI is InChI=1S/C3H7NO5S2/c1-2-3-11(8,9)4(5)10(6)7/h2,5H,1,3H2,(H,6,7). The maximum atomic E-state index is 10.6. The molecule has 66 valence electrons. The summed E-state index contributed by atoms with van der Waals surface area (Å²) in [6.07, 6.45) is 0.991. The Labute approximate surface area is 66.6 Å². The summed E-state index contributed by atoms with van der Waals surface area (Å²) < 4.78 is 38.7. The van der Waals surface area contributed by atoms with Gasteiger partial charge in [-0.15, -0.1) is 6.58 Å². The van der Waals surface area contributed by atoms with Crippen LogP contribution in [-0.4, -0.2) is 32.0 Å². The molecule has 6 nitrogen and oxygen atoms in total.